The van der Waals surface area contributed by atoms with E-state index >= 15 is 0 Å². The zero-order valence-electron chi connectivity index (χ0n) is 14.6. The Hall–Kier alpha value is -2.42. The Balaban J connectivity index is 1.69. The van der Waals surface area contributed by atoms with E-state index in [1.54, 1.807) is 9.80 Å². The molecule has 1 spiro atoms. The number of aliphatic hydroxyl groups is 1. The summed E-state index contributed by atoms with van der Waals surface area (Å²) in [6, 6.07) is 0. The molecule has 1 aromatic rings. The maximum atomic E-state index is 12.7. The number of aromatic amines is 2. The Labute approximate surface area is 150 Å². The van der Waals surface area contributed by atoms with E-state index in [2.05, 4.69) is 9.97 Å². The summed E-state index contributed by atoms with van der Waals surface area (Å²) in [4.78, 5) is 55.5. The van der Waals surface area contributed by atoms with Gasteiger partial charge in [0.2, 0.25) is 11.8 Å². The third kappa shape index (κ3) is 3.87. The molecule has 0 saturated carbocycles. The third-order valence-electron chi connectivity index (χ3n) is 5.37. The zero-order chi connectivity index (χ0) is 18.7. The molecule has 3 N–H and O–H groups in total. The van der Waals surface area contributed by atoms with Crippen molar-refractivity contribution in [2.75, 3.05) is 32.8 Å². The molecule has 1 atom stereocenters. The summed E-state index contributed by atoms with van der Waals surface area (Å²) < 4.78 is 0. The first-order valence-electron chi connectivity index (χ1n) is 8.90. The average Bonchev–Trinajstić information content (AvgIpc) is 2.61. The van der Waals surface area contributed by atoms with Crippen LogP contribution in [0.3, 0.4) is 0 Å². The van der Waals surface area contributed by atoms with E-state index in [9.17, 15) is 19.2 Å². The number of amides is 2. The molecule has 26 heavy (non-hydrogen) atoms. The lowest BCUT2D eigenvalue weighted by Crippen LogP contribution is -2.55. The number of aromatic nitrogens is 2. The number of nitrogens with zero attached hydrogens (tertiary/aromatic N) is 2. The van der Waals surface area contributed by atoms with Crippen LogP contribution in [0.25, 0.3) is 0 Å². The maximum Gasteiger partial charge on any atom is 0.325 e. The number of rotatable bonds is 4. The van der Waals surface area contributed by atoms with Gasteiger partial charge in [-0.15, -0.1) is 0 Å². The number of H-pyrrole nitrogens is 2. The number of β-amino-alcohol motifs (C(OH)–C–C–N with tert-alkyl or cyclic N) is 1. The van der Waals surface area contributed by atoms with Gasteiger partial charge in [0, 0.05) is 49.8 Å². The number of carbonyl (C=O) groups is 2. The number of hydrogen-bond donors (Lipinski definition) is 3. The first-order valence-corrected chi connectivity index (χ1v) is 8.90. The molecule has 3 rings (SSSR count). The van der Waals surface area contributed by atoms with E-state index in [-0.39, 0.29) is 35.8 Å². The quantitative estimate of drug-likeness (QED) is 0.620. The number of aliphatic hydroxyl groups excluding tert-OH is 1. The molecule has 2 fully saturated rings. The standard InChI is InChI=1S/C17H24N4O5/c22-7-6-21-11-17(4-2-13(21)23)3-1-5-20(10-17)14(24)8-12-9-18-16(26)19-15(12)25/h9,22H,1-8,10-11H2,(H2,18,19,25,26). The Morgan fingerprint density at radius 2 is 2.04 bits per heavy atom. The minimum Gasteiger partial charge on any atom is -0.395 e. The Bertz CT molecular complexity index is 801. The van der Waals surface area contributed by atoms with Crippen molar-refractivity contribution in [3.05, 3.63) is 32.6 Å². The van der Waals surface area contributed by atoms with Gasteiger partial charge in [-0.2, -0.15) is 0 Å². The van der Waals surface area contributed by atoms with Crippen LogP contribution in [0.5, 0.6) is 0 Å². The zero-order valence-corrected chi connectivity index (χ0v) is 14.6. The van der Waals surface area contributed by atoms with E-state index < -0.39 is 11.2 Å². The number of nitrogens with one attached hydrogen (secondary N) is 2. The van der Waals surface area contributed by atoms with Crippen LogP contribution in [0.1, 0.15) is 31.2 Å². The van der Waals surface area contributed by atoms with Gasteiger partial charge in [-0.1, -0.05) is 0 Å². The van der Waals surface area contributed by atoms with E-state index in [0.717, 1.165) is 19.3 Å². The Kier molecular flexibility index (Phi) is 5.26. The predicted molar refractivity (Wildman–Crippen MR) is 92.5 cm³/mol. The molecular weight excluding hydrogens is 340 g/mol. The maximum absolute atomic E-state index is 12.7. The highest BCUT2D eigenvalue weighted by Crippen LogP contribution is 2.38. The van der Waals surface area contributed by atoms with Crippen molar-refractivity contribution in [3.8, 4) is 0 Å². The number of piperidine rings is 2. The van der Waals surface area contributed by atoms with Crippen molar-refractivity contribution in [1.29, 1.82) is 0 Å². The second kappa shape index (κ2) is 7.45. The van der Waals surface area contributed by atoms with Crippen LogP contribution in [0.15, 0.2) is 15.8 Å². The smallest absolute Gasteiger partial charge is 0.325 e. The monoisotopic (exact) mass is 364 g/mol. The summed E-state index contributed by atoms with van der Waals surface area (Å²) >= 11 is 0. The van der Waals surface area contributed by atoms with Gasteiger partial charge in [-0.25, -0.2) is 4.79 Å². The summed E-state index contributed by atoms with van der Waals surface area (Å²) in [5.74, 6) is -0.111. The van der Waals surface area contributed by atoms with Crippen LogP contribution in [-0.4, -0.2) is 69.5 Å². The van der Waals surface area contributed by atoms with Crippen molar-refractivity contribution in [3.63, 3.8) is 0 Å². The molecule has 0 bridgehead atoms. The van der Waals surface area contributed by atoms with Crippen LogP contribution >= 0.6 is 0 Å². The molecule has 2 aliphatic heterocycles. The third-order valence-corrected chi connectivity index (χ3v) is 5.37. The normalized spacial score (nSPS) is 23.5. The highest BCUT2D eigenvalue weighted by molar-refractivity contribution is 5.79. The molecule has 1 unspecified atom stereocenters. The highest BCUT2D eigenvalue weighted by Gasteiger charge is 2.42. The Morgan fingerprint density at radius 3 is 2.77 bits per heavy atom. The molecule has 2 aliphatic rings. The van der Waals surface area contributed by atoms with Crippen LogP contribution in [-0.2, 0) is 16.0 Å². The minimum atomic E-state index is -0.598. The summed E-state index contributed by atoms with van der Waals surface area (Å²) in [7, 11) is 0. The van der Waals surface area contributed by atoms with Gasteiger partial charge < -0.3 is 19.9 Å². The fourth-order valence-corrected chi connectivity index (χ4v) is 4.02. The molecule has 9 nitrogen and oxygen atoms in total. The van der Waals surface area contributed by atoms with Crippen molar-refractivity contribution >= 4 is 11.8 Å². The lowest BCUT2D eigenvalue weighted by Gasteiger charge is -2.48. The lowest BCUT2D eigenvalue weighted by molar-refractivity contribution is -0.143. The second-order valence-electron chi connectivity index (χ2n) is 7.23. The van der Waals surface area contributed by atoms with E-state index in [1.165, 1.54) is 6.20 Å². The average molecular weight is 364 g/mol. The van der Waals surface area contributed by atoms with Crippen LogP contribution in [0.2, 0.25) is 0 Å². The van der Waals surface area contributed by atoms with E-state index in [1.807, 2.05) is 0 Å². The number of likely N-dealkylation sites (tertiary alicyclic amines) is 2. The highest BCUT2D eigenvalue weighted by atomic mass is 16.3. The molecule has 1 aromatic heterocycles. The molecular formula is C17H24N4O5. The van der Waals surface area contributed by atoms with Gasteiger partial charge in [0.25, 0.3) is 5.56 Å². The van der Waals surface area contributed by atoms with Gasteiger partial charge in [0.05, 0.1) is 13.0 Å². The van der Waals surface area contributed by atoms with Crippen molar-refractivity contribution in [1.82, 2.24) is 19.8 Å². The molecule has 0 radical (unpaired) electrons. The van der Waals surface area contributed by atoms with Crippen LogP contribution in [0, 0.1) is 5.41 Å². The van der Waals surface area contributed by atoms with Gasteiger partial charge in [-0.3, -0.25) is 19.4 Å². The predicted octanol–water partition coefficient (Wildman–Crippen LogP) is -1.17. The molecule has 142 valence electrons. The fraction of sp³-hybridized carbons (Fsp3) is 0.647. The summed E-state index contributed by atoms with van der Waals surface area (Å²) in [5.41, 5.74) is -1.06. The van der Waals surface area contributed by atoms with Crippen molar-refractivity contribution in [2.45, 2.75) is 32.1 Å². The molecule has 2 saturated heterocycles. The summed E-state index contributed by atoms with van der Waals surface area (Å²) in [6.07, 6.45) is 4.15. The van der Waals surface area contributed by atoms with Crippen molar-refractivity contribution < 1.29 is 14.7 Å². The van der Waals surface area contributed by atoms with Gasteiger partial charge in [0.15, 0.2) is 0 Å². The summed E-state index contributed by atoms with van der Waals surface area (Å²) in [5, 5.41) is 9.16. The molecule has 0 aliphatic carbocycles. The molecule has 9 heteroatoms. The van der Waals surface area contributed by atoms with Gasteiger partial charge in [-0.05, 0) is 19.3 Å². The van der Waals surface area contributed by atoms with Gasteiger partial charge >= 0.3 is 5.69 Å². The first-order chi connectivity index (χ1) is 12.4. The largest absolute Gasteiger partial charge is 0.395 e. The Morgan fingerprint density at radius 1 is 1.23 bits per heavy atom. The molecule has 2 amide bonds. The fourth-order valence-electron chi connectivity index (χ4n) is 4.02. The van der Waals surface area contributed by atoms with Crippen LogP contribution in [0.4, 0.5) is 0 Å². The lowest BCUT2D eigenvalue weighted by atomic mass is 9.73. The van der Waals surface area contributed by atoms with Crippen LogP contribution < -0.4 is 11.2 Å². The summed E-state index contributed by atoms with van der Waals surface area (Å²) in [6.45, 7) is 1.97. The number of hydrogen-bond acceptors (Lipinski definition) is 5. The first kappa shape index (κ1) is 18.4. The molecule has 0 aromatic carbocycles. The van der Waals surface area contributed by atoms with Gasteiger partial charge in [0.1, 0.15) is 0 Å². The molecule has 3 heterocycles. The topological polar surface area (TPSA) is 127 Å². The second-order valence-corrected chi connectivity index (χ2v) is 7.23. The SMILES string of the molecule is O=C1CCC2(CCCN(C(=O)Cc3c[nH]c(=O)[nH]c3=O)C2)CN1CCO. The van der Waals surface area contributed by atoms with E-state index in [0.29, 0.717) is 32.6 Å². The van der Waals surface area contributed by atoms with Crippen molar-refractivity contribution in [2.24, 2.45) is 5.41 Å². The number of carbonyl (C=O) groups excluding carboxylic acids is 2. The minimum absolute atomic E-state index is 0.0490. The van der Waals surface area contributed by atoms with E-state index in [4.69, 9.17) is 5.11 Å².